The van der Waals surface area contributed by atoms with Crippen molar-refractivity contribution in [3.63, 3.8) is 0 Å². The summed E-state index contributed by atoms with van der Waals surface area (Å²) >= 11 is 1.38. The predicted octanol–water partition coefficient (Wildman–Crippen LogP) is 2.91. The van der Waals surface area contributed by atoms with E-state index < -0.39 is 11.9 Å². The van der Waals surface area contributed by atoms with Crippen LogP contribution in [0.3, 0.4) is 0 Å². The van der Waals surface area contributed by atoms with Crippen molar-refractivity contribution in [2.45, 2.75) is 26.3 Å². The third-order valence-corrected chi connectivity index (χ3v) is 4.78. The van der Waals surface area contributed by atoms with Crippen LogP contribution >= 0.6 is 11.3 Å². The van der Waals surface area contributed by atoms with Gasteiger partial charge in [-0.2, -0.15) is 0 Å². The number of carbonyl (C=O) groups is 3. The van der Waals surface area contributed by atoms with E-state index in [1.54, 1.807) is 30.3 Å². The molecule has 1 aromatic heterocycles. The molecule has 0 spiro atoms. The first-order chi connectivity index (χ1) is 12.5. The predicted molar refractivity (Wildman–Crippen MR) is 100 cm³/mol. The lowest BCUT2D eigenvalue weighted by atomic mass is 10.0. The average Bonchev–Trinajstić information content (AvgIpc) is 3.18. The van der Waals surface area contributed by atoms with Gasteiger partial charge in [0.1, 0.15) is 0 Å². The number of rotatable bonds is 9. The summed E-state index contributed by atoms with van der Waals surface area (Å²) in [6.07, 6.45) is 1.28. The number of benzene rings is 1. The Morgan fingerprint density at radius 2 is 1.81 bits per heavy atom. The Kier molecular flexibility index (Phi) is 7.35. The van der Waals surface area contributed by atoms with Crippen LogP contribution in [0.1, 0.15) is 45.4 Å². The van der Waals surface area contributed by atoms with E-state index in [2.05, 4.69) is 10.6 Å². The van der Waals surface area contributed by atoms with Crippen LogP contribution in [0.2, 0.25) is 0 Å². The lowest BCUT2D eigenvalue weighted by Gasteiger charge is -2.12. The fourth-order valence-electron chi connectivity index (χ4n) is 2.43. The van der Waals surface area contributed by atoms with E-state index in [0.717, 1.165) is 12.0 Å². The van der Waals surface area contributed by atoms with Gasteiger partial charge in [-0.05, 0) is 35.6 Å². The van der Waals surface area contributed by atoms with Crippen molar-refractivity contribution in [2.24, 2.45) is 5.92 Å². The zero-order valence-electron chi connectivity index (χ0n) is 14.5. The molecule has 2 rings (SSSR count). The maximum Gasteiger partial charge on any atom is 0.308 e. The molecule has 26 heavy (non-hydrogen) atoms. The Bertz CT molecular complexity index is 741. The summed E-state index contributed by atoms with van der Waals surface area (Å²) in [5.41, 5.74) is 1.33. The van der Waals surface area contributed by atoms with Gasteiger partial charge in [0, 0.05) is 18.7 Å². The molecule has 3 N–H and O–H groups in total. The number of nitrogens with one attached hydrogen (secondary N) is 2. The number of hydrogen-bond donors (Lipinski definition) is 3. The van der Waals surface area contributed by atoms with Crippen LogP contribution in [-0.4, -0.2) is 29.4 Å². The summed E-state index contributed by atoms with van der Waals surface area (Å²) in [4.78, 5) is 35.8. The van der Waals surface area contributed by atoms with E-state index in [0.29, 0.717) is 23.4 Å². The molecule has 0 saturated carbocycles. The molecule has 2 amide bonds. The topological polar surface area (TPSA) is 95.5 Å². The van der Waals surface area contributed by atoms with E-state index in [9.17, 15) is 14.4 Å². The van der Waals surface area contributed by atoms with Gasteiger partial charge in [-0.25, -0.2) is 0 Å². The Morgan fingerprint density at radius 3 is 2.38 bits per heavy atom. The second-order valence-corrected chi connectivity index (χ2v) is 6.84. The monoisotopic (exact) mass is 374 g/mol. The molecule has 1 atom stereocenters. The Balaban J connectivity index is 1.85. The number of carbonyl (C=O) groups excluding carboxylic acids is 2. The summed E-state index contributed by atoms with van der Waals surface area (Å²) in [5, 5.41) is 16.4. The fraction of sp³-hybridized carbons (Fsp3) is 0.316. The molecule has 0 aliphatic heterocycles. The Hall–Kier alpha value is -2.67. The van der Waals surface area contributed by atoms with E-state index >= 15 is 0 Å². The van der Waals surface area contributed by atoms with Gasteiger partial charge in [-0.3, -0.25) is 14.4 Å². The molecule has 0 aliphatic carbocycles. The van der Waals surface area contributed by atoms with Crippen molar-refractivity contribution in [3.8, 4) is 0 Å². The van der Waals surface area contributed by atoms with Crippen LogP contribution in [0.25, 0.3) is 0 Å². The Labute approximate surface area is 156 Å². The summed E-state index contributed by atoms with van der Waals surface area (Å²) in [5.74, 6) is -1.90. The molecule has 1 aromatic carbocycles. The highest BCUT2D eigenvalue weighted by atomic mass is 32.1. The van der Waals surface area contributed by atoms with Crippen molar-refractivity contribution in [1.82, 2.24) is 10.6 Å². The van der Waals surface area contributed by atoms with Crippen molar-refractivity contribution in [2.75, 3.05) is 6.54 Å². The summed E-state index contributed by atoms with van der Waals surface area (Å²) in [6.45, 7) is 2.39. The number of amides is 2. The SMILES string of the molecule is CCCC(CNC(=O)c1ccc(CNC(=O)c2cccs2)cc1)C(=O)O. The largest absolute Gasteiger partial charge is 0.481 e. The van der Waals surface area contributed by atoms with Gasteiger partial charge in [0.15, 0.2) is 0 Å². The molecular formula is C19H22N2O4S. The molecule has 0 aliphatic rings. The van der Waals surface area contributed by atoms with Crippen molar-refractivity contribution in [3.05, 3.63) is 57.8 Å². The third-order valence-electron chi connectivity index (χ3n) is 3.91. The molecule has 7 heteroatoms. The van der Waals surface area contributed by atoms with Gasteiger partial charge in [0.2, 0.25) is 0 Å². The Morgan fingerprint density at radius 1 is 1.08 bits per heavy atom. The average molecular weight is 374 g/mol. The standard InChI is InChI=1S/C19H22N2O4S/c1-2-4-15(19(24)25)12-21-17(22)14-8-6-13(7-9-14)11-20-18(23)16-5-3-10-26-16/h3,5-10,15H,2,4,11-12H2,1H3,(H,20,23)(H,21,22)(H,24,25). The number of carboxylic acid groups (broad SMARTS) is 1. The van der Waals surface area contributed by atoms with Crippen LogP contribution in [0.5, 0.6) is 0 Å². The molecule has 1 unspecified atom stereocenters. The van der Waals surface area contributed by atoms with Crippen LogP contribution in [0.4, 0.5) is 0 Å². The van der Waals surface area contributed by atoms with E-state index in [4.69, 9.17) is 5.11 Å². The van der Waals surface area contributed by atoms with Crippen LogP contribution in [0, 0.1) is 5.92 Å². The number of carboxylic acids is 1. The van der Waals surface area contributed by atoms with Crippen LogP contribution in [0.15, 0.2) is 41.8 Å². The summed E-state index contributed by atoms with van der Waals surface area (Å²) in [7, 11) is 0. The number of aliphatic carboxylic acids is 1. The third kappa shape index (κ3) is 5.70. The maximum atomic E-state index is 12.1. The summed E-state index contributed by atoms with van der Waals surface area (Å²) in [6, 6.07) is 10.4. The fourth-order valence-corrected chi connectivity index (χ4v) is 3.07. The lowest BCUT2D eigenvalue weighted by molar-refractivity contribution is -0.141. The van der Waals surface area contributed by atoms with Crippen LogP contribution < -0.4 is 10.6 Å². The molecule has 6 nitrogen and oxygen atoms in total. The second kappa shape index (κ2) is 9.72. The first-order valence-electron chi connectivity index (χ1n) is 8.43. The highest BCUT2D eigenvalue weighted by molar-refractivity contribution is 7.12. The molecule has 0 bridgehead atoms. The van der Waals surface area contributed by atoms with E-state index in [1.165, 1.54) is 11.3 Å². The van der Waals surface area contributed by atoms with Gasteiger partial charge in [0.25, 0.3) is 11.8 Å². The van der Waals surface area contributed by atoms with Gasteiger partial charge in [-0.15, -0.1) is 11.3 Å². The number of thiophene rings is 1. The molecule has 2 aromatic rings. The smallest absolute Gasteiger partial charge is 0.308 e. The van der Waals surface area contributed by atoms with Crippen molar-refractivity contribution >= 4 is 29.1 Å². The molecule has 138 valence electrons. The second-order valence-electron chi connectivity index (χ2n) is 5.89. The van der Waals surface area contributed by atoms with Crippen molar-refractivity contribution in [1.29, 1.82) is 0 Å². The minimum absolute atomic E-state index is 0.112. The first-order valence-corrected chi connectivity index (χ1v) is 9.31. The molecular weight excluding hydrogens is 352 g/mol. The summed E-state index contributed by atoms with van der Waals surface area (Å²) < 4.78 is 0. The zero-order valence-corrected chi connectivity index (χ0v) is 15.3. The first kappa shape index (κ1) is 19.7. The van der Waals surface area contributed by atoms with Gasteiger partial charge in [0.05, 0.1) is 10.8 Å². The quantitative estimate of drug-likeness (QED) is 0.629. The molecule has 1 heterocycles. The van der Waals surface area contributed by atoms with Crippen LogP contribution in [-0.2, 0) is 11.3 Å². The zero-order chi connectivity index (χ0) is 18.9. The highest BCUT2D eigenvalue weighted by Gasteiger charge is 2.17. The van der Waals surface area contributed by atoms with E-state index in [-0.39, 0.29) is 18.4 Å². The highest BCUT2D eigenvalue weighted by Crippen LogP contribution is 2.10. The molecule has 0 saturated heterocycles. The minimum atomic E-state index is -0.899. The minimum Gasteiger partial charge on any atom is -0.481 e. The molecule has 0 fully saturated rings. The van der Waals surface area contributed by atoms with Crippen molar-refractivity contribution < 1.29 is 19.5 Å². The van der Waals surface area contributed by atoms with Gasteiger partial charge >= 0.3 is 5.97 Å². The lowest BCUT2D eigenvalue weighted by Crippen LogP contribution is -2.32. The van der Waals surface area contributed by atoms with E-state index in [1.807, 2.05) is 18.4 Å². The van der Waals surface area contributed by atoms with Gasteiger partial charge < -0.3 is 15.7 Å². The molecule has 0 radical (unpaired) electrons. The van der Waals surface area contributed by atoms with Gasteiger partial charge in [-0.1, -0.05) is 31.5 Å². The maximum absolute atomic E-state index is 12.1. The number of hydrogen-bond acceptors (Lipinski definition) is 4. The normalized spacial score (nSPS) is 11.6.